The molecule has 0 unspecified atom stereocenters. The SMILES string of the molecule is CC[C@H](C)[C@@H]1NC(=O)[C@H](CC(C)C)N(C)C(=O)C[C@@H](C(=O)N2CCCC2)N(C)C(=O)[C@H](C2CCCC2)N(C)C(=O)C2(CCCC2)NC(=O)[C@@H]2CCCN2C(=O)[C@H](CCc2ccc(C(F)(F)F)c(Cl)c2)NC(=O)CN(C)C(=O)[C@H](Cc2ccc(C)cc2)N(C)C(=O)CN(C)C(=O)CN(C)C1=O. The lowest BCUT2D eigenvalue weighted by atomic mass is 9.90. The summed E-state index contributed by atoms with van der Waals surface area (Å²) in [5.74, 6) is -9.08. The second-order valence-electron chi connectivity index (χ2n) is 28.9. The molecule has 552 valence electrons. The molecule has 3 N–H and O–H groups in total. The zero-order chi connectivity index (χ0) is 73.8. The molecule has 1 spiro atoms. The molecule has 5 aliphatic rings. The molecule has 5 fully saturated rings. The number of alkyl halides is 3. The third-order valence-corrected chi connectivity index (χ3v) is 21.4. The van der Waals surface area contributed by atoms with Crippen LogP contribution in [0.15, 0.2) is 42.5 Å². The zero-order valence-electron chi connectivity index (χ0n) is 60.2. The molecule has 2 saturated carbocycles. The highest BCUT2D eigenvalue weighted by Gasteiger charge is 2.52. The van der Waals surface area contributed by atoms with Crippen molar-refractivity contribution in [2.75, 3.05) is 88.6 Å². The van der Waals surface area contributed by atoms with Gasteiger partial charge in [0.05, 0.1) is 36.6 Å². The molecule has 0 radical (unpaired) electrons. The maximum absolute atomic E-state index is 15.6. The van der Waals surface area contributed by atoms with Crippen LogP contribution in [-0.4, -0.2) is 251 Å². The molecule has 3 heterocycles. The highest BCUT2D eigenvalue weighted by Crippen LogP contribution is 2.38. The van der Waals surface area contributed by atoms with Crippen LogP contribution < -0.4 is 16.0 Å². The van der Waals surface area contributed by atoms with Crippen LogP contribution in [0.25, 0.3) is 0 Å². The van der Waals surface area contributed by atoms with Crippen LogP contribution in [0.2, 0.25) is 5.02 Å². The Labute approximate surface area is 591 Å². The van der Waals surface area contributed by atoms with Gasteiger partial charge in [-0.25, -0.2) is 0 Å². The maximum Gasteiger partial charge on any atom is 0.417 e. The predicted octanol–water partition coefficient (Wildman–Crippen LogP) is 5.22. The van der Waals surface area contributed by atoms with Crippen molar-refractivity contribution in [2.24, 2.45) is 17.8 Å². The number of benzene rings is 2. The number of aryl methyl sites for hydroxylation is 2. The number of likely N-dealkylation sites (tertiary alicyclic amines) is 1. The first kappa shape index (κ1) is 79.5. The smallest absolute Gasteiger partial charge is 0.343 e. The van der Waals surface area contributed by atoms with Crippen molar-refractivity contribution in [3.05, 3.63) is 69.7 Å². The van der Waals surface area contributed by atoms with E-state index in [0.717, 1.165) is 50.1 Å². The summed E-state index contributed by atoms with van der Waals surface area (Å²) in [5, 5.41) is 8.10. The fraction of sp³-hybridized carbons (Fsp3) is 0.667. The van der Waals surface area contributed by atoms with Crippen LogP contribution in [0.1, 0.15) is 153 Å². The Kier molecular flexibility index (Phi) is 27.6. The molecule has 7 rings (SSSR count). The third kappa shape index (κ3) is 19.4. The van der Waals surface area contributed by atoms with E-state index >= 15 is 24.0 Å². The highest BCUT2D eigenvalue weighted by molar-refractivity contribution is 6.31. The predicted molar refractivity (Wildman–Crippen MR) is 368 cm³/mol. The van der Waals surface area contributed by atoms with Crippen LogP contribution in [0, 0.1) is 24.7 Å². The first-order valence-corrected chi connectivity index (χ1v) is 35.7. The van der Waals surface area contributed by atoms with Gasteiger partial charge in [-0.3, -0.25) is 57.5 Å². The molecule has 28 heteroatoms. The normalized spacial score (nSPS) is 25.6. The molecule has 100 heavy (non-hydrogen) atoms. The van der Waals surface area contributed by atoms with Gasteiger partial charge < -0.3 is 60.0 Å². The van der Waals surface area contributed by atoms with E-state index in [4.69, 9.17) is 11.6 Å². The number of hydrogen-bond donors (Lipinski definition) is 3. The van der Waals surface area contributed by atoms with E-state index in [1.165, 1.54) is 75.0 Å². The van der Waals surface area contributed by atoms with Gasteiger partial charge in [-0.2, -0.15) is 13.2 Å². The molecular weight excluding hydrogens is 1320 g/mol. The average Bonchev–Trinajstić information content (AvgIpc) is 1.43. The Bertz CT molecular complexity index is 3320. The number of fused-ring (bicyclic) bond motifs is 1. The number of rotatable bonds is 11. The number of carbonyl (C=O) groups excluding carboxylic acids is 12. The van der Waals surface area contributed by atoms with Crippen molar-refractivity contribution < 1.29 is 70.7 Å². The van der Waals surface area contributed by atoms with Crippen molar-refractivity contribution in [3.63, 3.8) is 0 Å². The molecule has 2 aromatic rings. The summed E-state index contributed by atoms with van der Waals surface area (Å²) in [7, 11) is 9.81. The van der Waals surface area contributed by atoms with Gasteiger partial charge in [0.1, 0.15) is 47.8 Å². The first-order chi connectivity index (χ1) is 47.1. The number of amides is 12. The van der Waals surface area contributed by atoms with Crippen molar-refractivity contribution >= 4 is 82.5 Å². The van der Waals surface area contributed by atoms with Crippen LogP contribution in [0.3, 0.4) is 0 Å². The lowest BCUT2D eigenvalue weighted by Crippen LogP contribution is -2.65. The van der Waals surface area contributed by atoms with Gasteiger partial charge in [0.25, 0.3) is 0 Å². The molecule has 8 atom stereocenters. The molecular formula is C72H104ClF3N12O12. The van der Waals surface area contributed by atoms with E-state index in [2.05, 4.69) is 16.0 Å². The van der Waals surface area contributed by atoms with Crippen molar-refractivity contribution in [1.82, 2.24) is 60.0 Å². The summed E-state index contributed by atoms with van der Waals surface area (Å²) in [6.07, 6.45) is 0.574. The van der Waals surface area contributed by atoms with Crippen molar-refractivity contribution in [3.8, 4) is 0 Å². The van der Waals surface area contributed by atoms with Crippen LogP contribution in [0.4, 0.5) is 13.2 Å². The Morgan fingerprint density at radius 2 is 1.23 bits per heavy atom. The van der Waals surface area contributed by atoms with Crippen LogP contribution >= 0.6 is 11.6 Å². The Morgan fingerprint density at radius 1 is 0.630 bits per heavy atom. The maximum atomic E-state index is 15.6. The summed E-state index contributed by atoms with van der Waals surface area (Å²) in [5.41, 5.74) is -0.817. The molecule has 0 aromatic heterocycles. The summed E-state index contributed by atoms with van der Waals surface area (Å²) in [6.45, 7) is 8.13. The number of likely N-dealkylation sites (N-methyl/N-ethyl adjacent to an activating group) is 7. The molecule has 0 bridgehead atoms. The number of nitrogens with one attached hydrogen (secondary N) is 3. The van der Waals surface area contributed by atoms with Gasteiger partial charge in [0.15, 0.2) is 0 Å². The minimum absolute atomic E-state index is 0.0236. The molecule has 3 saturated heterocycles. The monoisotopic (exact) mass is 1420 g/mol. The van der Waals surface area contributed by atoms with E-state index in [0.29, 0.717) is 70.0 Å². The summed E-state index contributed by atoms with van der Waals surface area (Å²) in [4.78, 5) is 190. The summed E-state index contributed by atoms with van der Waals surface area (Å²) < 4.78 is 41.6. The molecule has 2 aromatic carbocycles. The number of hydrogen-bond acceptors (Lipinski definition) is 12. The fourth-order valence-corrected chi connectivity index (χ4v) is 15.0. The van der Waals surface area contributed by atoms with Crippen LogP contribution in [-0.2, 0) is 76.6 Å². The molecule has 3 aliphatic heterocycles. The Morgan fingerprint density at radius 3 is 1.83 bits per heavy atom. The van der Waals surface area contributed by atoms with Crippen molar-refractivity contribution in [2.45, 2.75) is 204 Å². The van der Waals surface area contributed by atoms with E-state index < -0.39 is 173 Å². The van der Waals surface area contributed by atoms with Gasteiger partial charge >= 0.3 is 6.18 Å². The standard InChI is InChI=1S/C72H104ClF3N12O12/c1-13-46(5)61-68(98)82(8)42-59(91)80(6)43-60(92)84(10)55(39-48-26-24-45(4)25-27-48)66(96)81(7)41-57(89)77-52(31-29-47-28-30-50(51(73)38-47)72(74,75)76)65(95)88-36-20-23-53(88)64(94)79-71(32-16-17-33-71)70(100)86(12)62(49-21-14-15-22-49)69(99)85(11)56(67(97)87-34-18-19-35-87)40-58(90)83(9)54(37-44(2)3)63(93)78-61/h24-28,30,38,44,46,49,52-56,61-62H,13-23,29,31-37,39-43H2,1-12H3,(H,77,89)(H,78,93)(H,79,94)/t46-,52-,53-,54-,55-,56-,61-,62-/m0/s1. The van der Waals surface area contributed by atoms with Gasteiger partial charge in [-0.05, 0) is 119 Å². The van der Waals surface area contributed by atoms with Gasteiger partial charge in [0, 0.05) is 75.4 Å². The Hall–Kier alpha value is -7.84. The molecule has 12 amide bonds. The topological polar surface area (TPSA) is 270 Å². The van der Waals surface area contributed by atoms with Gasteiger partial charge in [0.2, 0.25) is 70.9 Å². The summed E-state index contributed by atoms with van der Waals surface area (Å²) in [6, 6.07) is 1.42. The summed E-state index contributed by atoms with van der Waals surface area (Å²) >= 11 is 6.15. The van der Waals surface area contributed by atoms with E-state index in [-0.39, 0.29) is 63.0 Å². The first-order valence-electron chi connectivity index (χ1n) is 35.3. The second-order valence-corrected chi connectivity index (χ2v) is 29.3. The van der Waals surface area contributed by atoms with E-state index in [9.17, 15) is 46.7 Å². The number of carbonyl (C=O) groups is 12. The minimum Gasteiger partial charge on any atom is -0.343 e. The number of nitrogens with zero attached hydrogens (tertiary/aromatic N) is 9. The lowest BCUT2D eigenvalue weighted by molar-refractivity contribution is -0.156. The minimum atomic E-state index is -4.77. The molecule has 24 nitrogen and oxygen atoms in total. The largest absolute Gasteiger partial charge is 0.417 e. The fourth-order valence-electron chi connectivity index (χ4n) is 14.7. The second kappa shape index (κ2) is 34.7. The third-order valence-electron chi connectivity index (χ3n) is 21.1. The van der Waals surface area contributed by atoms with Gasteiger partial charge in [-0.1, -0.05) is 107 Å². The molecule has 2 aliphatic carbocycles. The van der Waals surface area contributed by atoms with E-state index in [1.807, 2.05) is 39.8 Å². The number of halogens is 4. The zero-order valence-corrected chi connectivity index (χ0v) is 61.0. The highest BCUT2D eigenvalue weighted by atomic mass is 35.5. The van der Waals surface area contributed by atoms with E-state index in [1.54, 1.807) is 24.0 Å². The van der Waals surface area contributed by atoms with Crippen LogP contribution in [0.5, 0.6) is 0 Å². The Balaban J connectivity index is 1.29. The quantitative estimate of drug-likeness (QED) is 0.261. The van der Waals surface area contributed by atoms with Crippen molar-refractivity contribution in [1.29, 1.82) is 0 Å². The average molecular weight is 1420 g/mol. The van der Waals surface area contributed by atoms with Gasteiger partial charge in [-0.15, -0.1) is 0 Å². The lowest BCUT2D eigenvalue weighted by Gasteiger charge is -2.42.